The maximum Gasteiger partial charge on any atom is 0.282 e. The molecule has 0 saturated carbocycles. The number of hydroxylamine groups is 2. The van der Waals surface area contributed by atoms with E-state index in [0.717, 1.165) is 21.8 Å². The normalized spacial score (nSPS) is 12.2. The number of aromatic nitrogens is 2. The Bertz CT molecular complexity index is 1010. The van der Waals surface area contributed by atoms with Gasteiger partial charge >= 0.3 is 0 Å². The van der Waals surface area contributed by atoms with Gasteiger partial charge in [-0.2, -0.15) is 5.10 Å². The van der Waals surface area contributed by atoms with Crippen molar-refractivity contribution in [3.05, 3.63) is 76.6 Å². The van der Waals surface area contributed by atoms with Crippen LogP contribution in [0.3, 0.4) is 0 Å². The van der Waals surface area contributed by atoms with Gasteiger partial charge in [0.2, 0.25) is 0 Å². The van der Waals surface area contributed by atoms with E-state index in [9.17, 15) is 13.6 Å². The van der Waals surface area contributed by atoms with E-state index in [2.05, 4.69) is 5.10 Å². The van der Waals surface area contributed by atoms with Crippen LogP contribution in [0.5, 0.6) is 0 Å². The van der Waals surface area contributed by atoms with Gasteiger partial charge in [0.25, 0.3) is 12.3 Å². The first-order valence-electron chi connectivity index (χ1n) is 8.87. The van der Waals surface area contributed by atoms with Gasteiger partial charge in [0.05, 0.1) is 18.7 Å². The van der Waals surface area contributed by atoms with E-state index in [1.165, 1.54) is 25.0 Å². The SMILES string of the molecule is CON(C(=O)c1cn(C)nc1C(F)F)C(C)c1cccc(-c2ccc(Cl)cc2)c1. The molecule has 0 bridgehead atoms. The third-order valence-corrected chi connectivity index (χ3v) is 4.84. The summed E-state index contributed by atoms with van der Waals surface area (Å²) in [6, 6.07) is 14.4. The molecule has 2 aromatic carbocycles. The van der Waals surface area contributed by atoms with Crippen molar-refractivity contribution < 1.29 is 18.4 Å². The van der Waals surface area contributed by atoms with Crippen molar-refractivity contribution in [1.82, 2.24) is 14.8 Å². The number of alkyl halides is 2. The summed E-state index contributed by atoms with van der Waals surface area (Å²) in [5, 5.41) is 5.41. The zero-order valence-electron chi connectivity index (χ0n) is 16.1. The summed E-state index contributed by atoms with van der Waals surface area (Å²) in [5.74, 6) is -0.680. The van der Waals surface area contributed by atoms with Crippen LogP contribution in [0.15, 0.2) is 54.7 Å². The van der Waals surface area contributed by atoms with E-state index in [0.29, 0.717) is 5.02 Å². The maximum absolute atomic E-state index is 13.3. The maximum atomic E-state index is 13.3. The molecule has 0 spiro atoms. The molecule has 1 atom stereocenters. The van der Waals surface area contributed by atoms with E-state index >= 15 is 0 Å². The van der Waals surface area contributed by atoms with Crippen molar-refractivity contribution in [2.24, 2.45) is 7.05 Å². The molecule has 3 rings (SSSR count). The standard InChI is InChI=1S/C21H20ClF2N3O2/c1-13(15-5-4-6-16(11-15)14-7-9-17(22)10-8-14)27(29-3)21(28)18-12-26(2)25-19(18)20(23)24/h4-13,20H,1-3H3. The number of amides is 1. The van der Waals surface area contributed by atoms with Crippen LogP contribution in [-0.2, 0) is 11.9 Å². The molecule has 1 amide bonds. The van der Waals surface area contributed by atoms with Crippen LogP contribution in [0.2, 0.25) is 5.02 Å². The molecule has 3 aromatic rings. The van der Waals surface area contributed by atoms with E-state index < -0.39 is 24.1 Å². The molecule has 0 aliphatic carbocycles. The highest BCUT2D eigenvalue weighted by molar-refractivity contribution is 6.30. The molecule has 0 fully saturated rings. The molecule has 1 heterocycles. The Labute approximate surface area is 172 Å². The Morgan fingerprint density at radius 3 is 2.48 bits per heavy atom. The molecule has 1 unspecified atom stereocenters. The number of hydrogen-bond donors (Lipinski definition) is 0. The topological polar surface area (TPSA) is 47.4 Å². The zero-order valence-corrected chi connectivity index (χ0v) is 16.9. The number of carbonyl (C=O) groups is 1. The first-order valence-corrected chi connectivity index (χ1v) is 9.25. The van der Waals surface area contributed by atoms with Crippen LogP contribution in [0.4, 0.5) is 8.78 Å². The molecule has 8 heteroatoms. The molecular formula is C21H20ClF2N3O2. The van der Waals surface area contributed by atoms with Crippen LogP contribution < -0.4 is 0 Å². The number of benzene rings is 2. The summed E-state index contributed by atoms with van der Waals surface area (Å²) < 4.78 is 27.7. The van der Waals surface area contributed by atoms with Crippen LogP contribution in [0.1, 0.15) is 41.0 Å². The highest BCUT2D eigenvalue weighted by Gasteiger charge is 2.30. The molecule has 1 aromatic heterocycles. The number of aryl methyl sites for hydroxylation is 1. The van der Waals surface area contributed by atoms with Gasteiger partial charge in [0.15, 0.2) is 0 Å². The minimum absolute atomic E-state index is 0.190. The fourth-order valence-electron chi connectivity index (χ4n) is 3.12. The van der Waals surface area contributed by atoms with Crippen molar-refractivity contribution in [3.8, 4) is 11.1 Å². The Balaban J connectivity index is 1.92. The Morgan fingerprint density at radius 1 is 1.17 bits per heavy atom. The van der Waals surface area contributed by atoms with Crippen LogP contribution >= 0.6 is 11.6 Å². The van der Waals surface area contributed by atoms with Gasteiger partial charge in [0, 0.05) is 18.3 Å². The third kappa shape index (κ3) is 4.46. The number of carbonyl (C=O) groups excluding carboxylic acids is 1. The highest BCUT2D eigenvalue weighted by Crippen LogP contribution is 2.29. The number of nitrogens with zero attached hydrogens (tertiary/aromatic N) is 3. The summed E-state index contributed by atoms with van der Waals surface area (Å²) in [6.07, 6.45) is -1.59. The monoisotopic (exact) mass is 419 g/mol. The van der Waals surface area contributed by atoms with Crippen molar-refractivity contribution in [2.45, 2.75) is 19.4 Å². The first kappa shape index (κ1) is 21.0. The molecule has 0 radical (unpaired) electrons. The lowest BCUT2D eigenvalue weighted by Crippen LogP contribution is -2.33. The van der Waals surface area contributed by atoms with Gasteiger partial charge < -0.3 is 0 Å². The lowest BCUT2D eigenvalue weighted by atomic mass is 10.00. The van der Waals surface area contributed by atoms with Gasteiger partial charge in [-0.3, -0.25) is 14.3 Å². The number of hydrogen-bond acceptors (Lipinski definition) is 3. The quantitative estimate of drug-likeness (QED) is 0.499. The Morgan fingerprint density at radius 2 is 1.86 bits per heavy atom. The molecule has 0 aliphatic heterocycles. The second-order valence-electron chi connectivity index (χ2n) is 6.52. The summed E-state index contributed by atoms with van der Waals surface area (Å²) in [5.41, 5.74) is 1.93. The second-order valence-corrected chi connectivity index (χ2v) is 6.96. The largest absolute Gasteiger partial charge is 0.282 e. The summed E-state index contributed by atoms with van der Waals surface area (Å²) in [6.45, 7) is 1.76. The molecule has 29 heavy (non-hydrogen) atoms. The van der Waals surface area contributed by atoms with Gasteiger partial charge in [0.1, 0.15) is 5.69 Å². The molecule has 0 saturated heterocycles. The van der Waals surface area contributed by atoms with Crippen LogP contribution in [0, 0.1) is 0 Å². The number of rotatable bonds is 6. The van der Waals surface area contributed by atoms with Crippen molar-refractivity contribution in [1.29, 1.82) is 0 Å². The molecular weight excluding hydrogens is 400 g/mol. The minimum Gasteiger partial charge on any atom is -0.275 e. The average Bonchev–Trinajstić information content (AvgIpc) is 3.11. The predicted octanol–water partition coefficient (Wildman–Crippen LogP) is 5.44. The minimum atomic E-state index is -2.86. The van der Waals surface area contributed by atoms with Crippen molar-refractivity contribution in [3.63, 3.8) is 0 Å². The van der Waals surface area contributed by atoms with E-state index in [-0.39, 0.29) is 5.56 Å². The van der Waals surface area contributed by atoms with Gasteiger partial charge in [-0.05, 0) is 41.8 Å². The molecule has 0 N–H and O–H groups in total. The van der Waals surface area contributed by atoms with Crippen LogP contribution in [0.25, 0.3) is 11.1 Å². The van der Waals surface area contributed by atoms with Gasteiger partial charge in [-0.25, -0.2) is 13.8 Å². The van der Waals surface area contributed by atoms with E-state index in [4.69, 9.17) is 16.4 Å². The summed E-state index contributed by atoms with van der Waals surface area (Å²) in [7, 11) is 2.81. The predicted molar refractivity (Wildman–Crippen MR) is 107 cm³/mol. The number of halogens is 3. The van der Waals surface area contributed by atoms with Crippen LogP contribution in [-0.4, -0.2) is 27.9 Å². The zero-order chi connectivity index (χ0) is 21.1. The van der Waals surface area contributed by atoms with Gasteiger partial charge in [-0.15, -0.1) is 0 Å². The Kier molecular flexibility index (Phi) is 6.30. The van der Waals surface area contributed by atoms with E-state index in [1.807, 2.05) is 36.4 Å². The molecule has 152 valence electrons. The average molecular weight is 420 g/mol. The van der Waals surface area contributed by atoms with E-state index in [1.54, 1.807) is 19.1 Å². The van der Waals surface area contributed by atoms with Gasteiger partial charge in [-0.1, -0.05) is 41.9 Å². The van der Waals surface area contributed by atoms with Crippen molar-refractivity contribution in [2.75, 3.05) is 7.11 Å². The smallest absolute Gasteiger partial charge is 0.275 e. The molecule has 0 aliphatic rings. The van der Waals surface area contributed by atoms with Crippen molar-refractivity contribution >= 4 is 17.5 Å². The third-order valence-electron chi connectivity index (χ3n) is 4.59. The second kappa shape index (κ2) is 8.71. The Hall–Kier alpha value is -2.77. The fourth-order valence-corrected chi connectivity index (χ4v) is 3.25. The summed E-state index contributed by atoms with van der Waals surface area (Å²) >= 11 is 5.95. The highest BCUT2D eigenvalue weighted by atomic mass is 35.5. The fraction of sp³-hybridized carbons (Fsp3) is 0.238. The first-order chi connectivity index (χ1) is 13.8. The molecule has 5 nitrogen and oxygen atoms in total. The summed E-state index contributed by atoms with van der Waals surface area (Å²) in [4.78, 5) is 18.2. The lowest BCUT2D eigenvalue weighted by Gasteiger charge is -2.27. The lowest BCUT2D eigenvalue weighted by molar-refractivity contribution is -0.121.